The van der Waals surface area contributed by atoms with E-state index in [-0.39, 0.29) is 5.41 Å². The molecule has 112 valence electrons. The lowest BCUT2D eigenvalue weighted by molar-refractivity contribution is 0.551. The summed E-state index contributed by atoms with van der Waals surface area (Å²) in [6.45, 7) is 0. The van der Waals surface area contributed by atoms with Crippen LogP contribution in [-0.4, -0.2) is 10.7 Å². The molecule has 0 aliphatic carbocycles. The fourth-order valence-electron chi connectivity index (χ4n) is 2.23. The van der Waals surface area contributed by atoms with Crippen LogP contribution in [0, 0.1) is 0 Å². The minimum Gasteiger partial charge on any atom is -0.0918 e. The summed E-state index contributed by atoms with van der Waals surface area (Å²) in [7, 11) is 0. The van der Waals surface area contributed by atoms with Crippen LogP contribution in [0.3, 0.4) is 0 Å². The number of halogens is 5. The minimum atomic E-state index is -0.0949. The van der Waals surface area contributed by atoms with Crippen LogP contribution in [0.2, 0.25) is 10.0 Å². The molecule has 2 aromatic rings. The lowest BCUT2D eigenvalue weighted by Crippen LogP contribution is -2.33. The van der Waals surface area contributed by atoms with E-state index < -0.39 is 0 Å². The standard InChI is InChI=1S/C16H13Br3Cl2/c17-9-16(10-18,12-2-1-3-14(20)6-12)8-11-4-5-13(19)7-15(11)21/h1-7H,8-10H2. The van der Waals surface area contributed by atoms with Crippen LogP contribution in [-0.2, 0) is 11.8 Å². The lowest BCUT2D eigenvalue weighted by Gasteiger charge is -2.31. The topological polar surface area (TPSA) is 0 Å². The van der Waals surface area contributed by atoms with Crippen molar-refractivity contribution >= 4 is 71.0 Å². The monoisotopic (exact) mass is 512 g/mol. The zero-order valence-corrected chi connectivity index (χ0v) is 17.3. The first-order chi connectivity index (χ1) is 10.0. The van der Waals surface area contributed by atoms with Gasteiger partial charge in [-0.15, -0.1) is 0 Å². The second kappa shape index (κ2) is 7.83. The van der Waals surface area contributed by atoms with E-state index in [9.17, 15) is 0 Å². The van der Waals surface area contributed by atoms with Gasteiger partial charge in [-0.2, -0.15) is 0 Å². The van der Waals surface area contributed by atoms with E-state index in [0.717, 1.165) is 37.2 Å². The molecular weight excluding hydrogens is 503 g/mol. The molecular formula is C16H13Br3Cl2. The zero-order valence-electron chi connectivity index (χ0n) is 11.1. The van der Waals surface area contributed by atoms with Crippen LogP contribution in [0.5, 0.6) is 0 Å². The van der Waals surface area contributed by atoms with E-state index in [2.05, 4.69) is 59.9 Å². The molecule has 0 aliphatic rings. The largest absolute Gasteiger partial charge is 0.0918 e. The van der Waals surface area contributed by atoms with E-state index >= 15 is 0 Å². The van der Waals surface area contributed by atoms with Gasteiger partial charge in [0.25, 0.3) is 0 Å². The molecule has 5 heteroatoms. The molecule has 0 nitrogen and oxygen atoms in total. The van der Waals surface area contributed by atoms with E-state index in [0.29, 0.717) is 0 Å². The quantitative estimate of drug-likeness (QED) is 0.375. The summed E-state index contributed by atoms with van der Waals surface area (Å²) in [5, 5.41) is 3.16. The predicted molar refractivity (Wildman–Crippen MR) is 104 cm³/mol. The molecule has 21 heavy (non-hydrogen) atoms. The first kappa shape index (κ1) is 17.8. The number of hydrogen-bond acceptors (Lipinski definition) is 0. The molecule has 0 atom stereocenters. The van der Waals surface area contributed by atoms with Gasteiger partial charge in [-0.25, -0.2) is 0 Å². The summed E-state index contributed by atoms with van der Waals surface area (Å²) in [6, 6.07) is 14.0. The third-order valence-corrected chi connectivity index (χ3v) is 6.72. The Bertz CT molecular complexity index is 625. The number of hydrogen-bond donors (Lipinski definition) is 0. The molecule has 2 aromatic carbocycles. The van der Waals surface area contributed by atoms with Gasteiger partial charge in [0.15, 0.2) is 0 Å². The Hall–Kier alpha value is 0.460. The molecule has 0 aliphatic heterocycles. The Balaban J connectivity index is 2.43. The fourth-order valence-corrected chi connectivity index (χ4v) is 5.14. The maximum atomic E-state index is 6.38. The van der Waals surface area contributed by atoms with Gasteiger partial charge in [0.05, 0.1) is 0 Å². The van der Waals surface area contributed by atoms with Crippen LogP contribution >= 0.6 is 71.0 Å². The highest BCUT2D eigenvalue weighted by atomic mass is 79.9. The van der Waals surface area contributed by atoms with Gasteiger partial charge in [-0.3, -0.25) is 0 Å². The summed E-state index contributed by atoms with van der Waals surface area (Å²) < 4.78 is 0.988. The van der Waals surface area contributed by atoms with Crippen LogP contribution in [0.15, 0.2) is 46.9 Å². The average Bonchev–Trinajstić information content (AvgIpc) is 2.47. The molecule has 0 spiro atoms. The number of rotatable bonds is 5. The van der Waals surface area contributed by atoms with Gasteiger partial charge >= 0.3 is 0 Å². The Morgan fingerprint density at radius 1 is 0.952 bits per heavy atom. The van der Waals surface area contributed by atoms with Crippen molar-refractivity contribution in [2.75, 3.05) is 10.7 Å². The van der Waals surface area contributed by atoms with E-state index in [1.54, 1.807) is 0 Å². The molecule has 0 bridgehead atoms. The Morgan fingerprint density at radius 2 is 1.67 bits per heavy atom. The highest BCUT2D eigenvalue weighted by Crippen LogP contribution is 2.36. The van der Waals surface area contributed by atoms with Crippen LogP contribution in [0.1, 0.15) is 11.1 Å². The van der Waals surface area contributed by atoms with Gasteiger partial charge in [0.1, 0.15) is 0 Å². The third-order valence-electron chi connectivity index (χ3n) is 3.49. The van der Waals surface area contributed by atoms with Gasteiger partial charge in [-0.05, 0) is 41.8 Å². The summed E-state index contributed by atoms with van der Waals surface area (Å²) in [6.07, 6.45) is 0.829. The van der Waals surface area contributed by atoms with E-state index in [1.807, 2.05) is 30.3 Å². The first-order valence-corrected chi connectivity index (χ1v) is 10.1. The zero-order chi connectivity index (χ0) is 15.5. The molecule has 0 saturated heterocycles. The molecule has 0 N–H and O–H groups in total. The molecule has 0 amide bonds. The number of alkyl halides is 2. The van der Waals surface area contributed by atoms with Crippen molar-refractivity contribution < 1.29 is 0 Å². The van der Waals surface area contributed by atoms with Crippen molar-refractivity contribution in [3.05, 3.63) is 68.1 Å². The van der Waals surface area contributed by atoms with Crippen molar-refractivity contribution in [3.63, 3.8) is 0 Å². The molecule has 0 fully saturated rings. The van der Waals surface area contributed by atoms with Gasteiger partial charge in [-0.1, -0.05) is 89.2 Å². The molecule has 0 saturated carbocycles. The van der Waals surface area contributed by atoms with Gasteiger partial charge in [0.2, 0.25) is 0 Å². The van der Waals surface area contributed by atoms with Crippen molar-refractivity contribution in [2.45, 2.75) is 11.8 Å². The molecule has 2 rings (SSSR count). The minimum absolute atomic E-state index is 0.0949. The normalized spacial score (nSPS) is 11.7. The third kappa shape index (κ3) is 4.26. The van der Waals surface area contributed by atoms with E-state index in [1.165, 1.54) is 5.56 Å². The Morgan fingerprint density at radius 3 is 2.24 bits per heavy atom. The van der Waals surface area contributed by atoms with Gasteiger partial charge < -0.3 is 0 Å². The van der Waals surface area contributed by atoms with Crippen molar-refractivity contribution in [1.29, 1.82) is 0 Å². The smallest absolute Gasteiger partial charge is 0.0449 e. The molecule has 0 heterocycles. The molecule has 0 unspecified atom stereocenters. The SMILES string of the molecule is Clc1cccc(C(CBr)(CBr)Cc2ccc(Br)cc2Cl)c1. The molecule has 0 radical (unpaired) electrons. The summed E-state index contributed by atoms with van der Waals surface area (Å²) in [4.78, 5) is 0. The maximum absolute atomic E-state index is 6.38. The van der Waals surface area contributed by atoms with E-state index in [4.69, 9.17) is 23.2 Å². The first-order valence-electron chi connectivity index (χ1n) is 6.33. The highest BCUT2D eigenvalue weighted by Gasteiger charge is 2.31. The van der Waals surface area contributed by atoms with Crippen molar-refractivity contribution in [2.24, 2.45) is 0 Å². The Kier molecular flexibility index (Phi) is 6.64. The second-order valence-electron chi connectivity index (χ2n) is 4.97. The van der Waals surface area contributed by atoms with Crippen LogP contribution in [0.25, 0.3) is 0 Å². The Labute approximate surface area is 160 Å². The van der Waals surface area contributed by atoms with Crippen molar-refractivity contribution in [3.8, 4) is 0 Å². The average molecular weight is 516 g/mol. The summed E-state index contributed by atoms with van der Waals surface area (Å²) in [5.41, 5.74) is 2.23. The van der Waals surface area contributed by atoms with Gasteiger partial charge in [0, 0.05) is 30.6 Å². The summed E-state index contributed by atoms with van der Waals surface area (Å²) >= 11 is 23.3. The fraction of sp³-hybridized carbons (Fsp3) is 0.250. The predicted octanol–water partition coefficient (Wildman–Crippen LogP) is 7.03. The summed E-state index contributed by atoms with van der Waals surface area (Å²) in [5.74, 6) is 0. The van der Waals surface area contributed by atoms with Crippen LogP contribution < -0.4 is 0 Å². The van der Waals surface area contributed by atoms with Crippen molar-refractivity contribution in [1.82, 2.24) is 0 Å². The van der Waals surface area contributed by atoms with Crippen LogP contribution in [0.4, 0.5) is 0 Å². The highest BCUT2D eigenvalue weighted by molar-refractivity contribution is 9.10. The maximum Gasteiger partial charge on any atom is 0.0449 e. The lowest BCUT2D eigenvalue weighted by atomic mass is 9.79. The number of benzene rings is 2. The molecule has 0 aromatic heterocycles. The second-order valence-corrected chi connectivity index (χ2v) is 7.85.